The molecule has 0 aliphatic heterocycles. The first-order valence-electron chi connectivity index (χ1n) is 3.81. The quantitative estimate of drug-likeness (QED) is 0.623. The lowest BCUT2D eigenvalue weighted by atomic mass is 10.1. The smallest absolute Gasteiger partial charge is 0.340 e. The molecule has 0 saturated carbocycles. The molecule has 0 atom stereocenters. The van der Waals surface area contributed by atoms with Gasteiger partial charge in [-0.3, -0.25) is 0 Å². The molecule has 0 heterocycles. The predicted octanol–water partition coefficient (Wildman–Crippen LogP) is 2.27. The van der Waals surface area contributed by atoms with Crippen molar-refractivity contribution >= 4 is 27.6 Å². The molecule has 0 unspecified atom stereocenters. The van der Waals surface area contributed by atoms with Gasteiger partial charge in [0.2, 0.25) is 0 Å². The normalized spacial score (nSPS) is 10.0. The van der Waals surface area contributed by atoms with Gasteiger partial charge < -0.3 is 10.5 Å². The molecule has 76 valence electrons. The van der Waals surface area contributed by atoms with Crippen LogP contribution in [0.1, 0.15) is 15.9 Å². The Morgan fingerprint density at radius 1 is 1.64 bits per heavy atom. The van der Waals surface area contributed by atoms with Gasteiger partial charge in [0, 0.05) is 10.0 Å². The second-order valence-electron chi connectivity index (χ2n) is 2.75. The summed E-state index contributed by atoms with van der Waals surface area (Å²) in [5, 5.41) is 0. The first-order valence-corrected chi connectivity index (χ1v) is 4.60. The average molecular weight is 262 g/mol. The number of carbonyl (C=O) groups is 1. The number of anilines is 1. The van der Waals surface area contributed by atoms with E-state index >= 15 is 0 Å². The van der Waals surface area contributed by atoms with Gasteiger partial charge in [0.05, 0.1) is 18.4 Å². The van der Waals surface area contributed by atoms with E-state index < -0.39 is 11.8 Å². The van der Waals surface area contributed by atoms with E-state index in [1.807, 2.05) is 0 Å². The van der Waals surface area contributed by atoms with E-state index in [1.54, 1.807) is 0 Å². The highest BCUT2D eigenvalue weighted by molar-refractivity contribution is 9.10. The van der Waals surface area contributed by atoms with E-state index in [1.165, 1.54) is 20.1 Å². The Morgan fingerprint density at radius 3 is 2.71 bits per heavy atom. The maximum Gasteiger partial charge on any atom is 0.340 e. The highest BCUT2D eigenvalue weighted by atomic mass is 79.9. The van der Waals surface area contributed by atoms with Crippen LogP contribution in [0.4, 0.5) is 10.1 Å². The minimum atomic E-state index is -0.716. The molecule has 2 N–H and O–H groups in total. The molecule has 1 rings (SSSR count). The Balaban J connectivity index is 3.40. The van der Waals surface area contributed by atoms with E-state index in [0.29, 0.717) is 4.47 Å². The Bertz CT molecular complexity index is 393. The van der Waals surface area contributed by atoms with Crippen molar-refractivity contribution in [3.63, 3.8) is 0 Å². The largest absolute Gasteiger partial charge is 0.465 e. The van der Waals surface area contributed by atoms with Crippen LogP contribution in [0, 0.1) is 12.7 Å². The second kappa shape index (κ2) is 3.96. The van der Waals surface area contributed by atoms with Gasteiger partial charge in [-0.15, -0.1) is 0 Å². The molecule has 1 aromatic rings. The van der Waals surface area contributed by atoms with Crippen LogP contribution in [-0.4, -0.2) is 13.1 Å². The van der Waals surface area contributed by atoms with Crippen molar-refractivity contribution in [2.75, 3.05) is 12.8 Å². The third-order valence-corrected chi connectivity index (χ3v) is 2.56. The first kappa shape index (κ1) is 11.0. The fourth-order valence-electron chi connectivity index (χ4n) is 1.03. The highest BCUT2D eigenvalue weighted by Crippen LogP contribution is 2.28. The SMILES string of the molecule is COC(=O)c1cc(Br)c(N)c(C)c1F. The number of nitrogen functional groups attached to an aromatic ring is 1. The molecule has 0 aliphatic rings. The fraction of sp³-hybridized carbons (Fsp3) is 0.222. The van der Waals surface area contributed by atoms with Crippen LogP contribution in [0.2, 0.25) is 0 Å². The topological polar surface area (TPSA) is 52.3 Å². The monoisotopic (exact) mass is 261 g/mol. The van der Waals surface area contributed by atoms with Crippen LogP contribution in [0.15, 0.2) is 10.5 Å². The lowest BCUT2D eigenvalue weighted by molar-refractivity contribution is 0.0595. The molecule has 5 heteroatoms. The average Bonchev–Trinajstić information content (AvgIpc) is 2.19. The number of carbonyl (C=O) groups excluding carboxylic acids is 1. The Morgan fingerprint density at radius 2 is 2.21 bits per heavy atom. The minimum absolute atomic E-state index is 0.119. The van der Waals surface area contributed by atoms with Gasteiger partial charge in [0.1, 0.15) is 5.82 Å². The summed E-state index contributed by atoms with van der Waals surface area (Å²) in [6.45, 7) is 1.50. The Labute approximate surface area is 89.2 Å². The van der Waals surface area contributed by atoms with Crippen LogP contribution in [0.25, 0.3) is 0 Å². The highest BCUT2D eigenvalue weighted by Gasteiger charge is 2.17. The molecular formula is C9H9BrFNO2. The lowest BCUT2D eigenvalue weighted by Crippen LogP contribution is -2.07. The maximum absolute atomic E-state index is 13.5. The lowest BCUT2D eigenvalue weighted by Gasteiger charge is -2.08. The number of methoxy groups -OCH3 is 1. The van der Waals surface area contributed by atoms with Gasteiger partial charge in [-0.05, 0) is 28.9 Å². The van der Waals surface area contributed by atoms with Crippen LogP contribution in [0.5, 0.6) is 0 Å². The minimum Gasteiger partial charge on any atom is -0.465 e. The third-order valence-electron chi connectivity index (χ3n) is 1.90. The number of hydrogen-bond acceptors (Lipinski definition) is 3. The van der Waals surface area contributed by atoms with Crippen LogP contribution >= 0.6 is 15.9 Å². The number of nitrogens with two attached hydrogens (primary N) is 1. The fourth-order valence-corrected chi connectivity index (χ4v) is 1.55. The van der Waals surface area contributed by atoms with Crippen molar-refractivity contribution in [3.8, 4) is 0 Å². The van der Waals surface area contributed by atoms with Crippen molar-refractivity contribution in [2.45, 2.75) is 6.92 Å². The number of ether oxygens (including phenoxy) is 1. The van der Waals surface area contributed by atoms with E-state index in [2.05, 4.69) is 20.7 Å². The van der Waals surface area contributed by atoms with Crippen molar-refractivity contribution in [3.05, 3.63) is 27.5 Å². The van der Waals surface area contributed by atoms with Gasteiger partial charge in [0.25, 0.3) is 0 Å². The predicted molar refractivity (Wildman–Crippen MR) is 54.6 cm³/mol. The molecule has 0 amide bonds. The summed E-state index contributed by atoms with van der Waals surface area (Å²) in [7, 11) is 1.20. The molecule has 0 bridgehead atoms. The molecule has 0 fully saturated rings. The van der Waals surface area contributed by atoms with Gasteiger partial charge in [-0.1, -0.05) is 0 Å². The van der Waals surface area contributed by atoms with E-state index in [0.717, 1.165) is 0 Å². The summed E-state index contributed by atoms with van der Waals surface area (Å²) >= 11 is 3.13. The summed E-state index contributed by atoms with van der Waals surface area (Å²) in [5.41, 5.74) is 5.96. The third kappa shape index (κ3) is 1.72. The maximum atomic E-state index is 13.5. The summed E-state index contributed by atoms with van der Waals surface area (Å²) in [6.07, 6.45) is 0. The molecule has 0 aliphatic carbocycles. The van der Waals surface area contributed by atoms with E-state index in [-0.39, 0.29) is 16.8 Å². The molecule has 0 aromatic heterocycles. The Kier molecular flexibility index (Phi) is 3.10. The van der Waals surface area contributed by atoms with Crippen molar-refractivity contribution in [1.82, 2.24) is 0 Å². The van der Waals surface area contributed by atoms with Crippen LogP contribution < -0.4 is 5.73 Å². The zero-order chi connectivity index (χ0) is 10.9. The number of halogens is 2. The molecule has 0 radical (unpaired) electrons. The summed E-state index contributed by atoms with van der Waals surface area (Å²) < 4.78 is 18.4. The molecule has 0 spiro atoms. The number of hydrogen-bond donors (Lipinski definition) is 1. The zero-order valence-electron chi connectivity index (χ0n) is 7.73. The molecular weight excluding hydrogens is 253 g/mol. The summed E-state index contributed by atoms with van der Waals surface area (Å²) in [5.74, 6) is -1.36. The first-order chi connectivity index (χ1) is 6.49. The van der Waals surface area contributed by atoms with Crippen LogP contribution in [-0.2, 0) is 4.74 Å². The Hall–Kier alpha value is -1.10. The number of rotatable bonds is 1. The van der Waals surface area contributed by atoms with Crippen molar-refractivity contribution in [2.24, 2.45) is 0 Å². The number of benzene rings is 1. The van der Waals surface area contributed by atoms with Crippen molar-refractivity contribution < 1.29 is 13.9 Å². The van der Waals surface area contributed by atoms with Gasteiger partial charge in [-0.25, -0.2) is 9.18 Å². The standard InChI is InChI=1S/C9H9BrFNO2/c1-4-7(11)5(9(13)14-2)3-6(10)8(4)12/h3H,12H2,1-2H3. The summed E-state index contributed by atoms with van der Waals surface area (Å²) in [4.78, 5) is 11.1. The zero-order valence-corrected chi connectivity index (χ0v) is 9.31. The summed E-state index contributed by atoms with van der Waals surface area (Å²) in [6, 6.07) is 1.31. The van der Waals surface area contributed by atoms with Gasteiger partial charge in [0.15, 0.2) is 0 Å². The number of esters is 1. The molecule has 3 nitrogen and oxygen atoms in total. The molecule has 0 saturated heterocycles. The van der Waals surface area contributed by atoms with Crippen molar-refractivity contribution in [1.29, 1.82) is 0 Å². The van der Waals surface area contributed by atoms with Gasteiger partial charge in [-0.2, -0.15) is 0 Å². The second-order valence-corrected chi connectivity index (χ2v) is 3.60. The van der Waals surface area contributed by atoms with Gasteiger partial charge >= 0.3 is 5.97 Å². The van der Waals surface area contributed by atoms with Crippen LogP contribution in [0.3, 0.4) is 0 Å². The molecule has 1 aromatic carbocycles. The van der Waals surface area contributed by atoms with E-state index in [4.69, 9.17) is 5.73 Å². The van der Waals surface area contributed by atoms with E-state index in [9.17, 15) is 9.18 Å². The molecule has 14 heavy (non-hydrogen) atoms.